The smallest absolute Gasteiger partial charge is 0.277 e. The van der Waals surface area contributed by atoms with Crippen LogP contribution < -0.4 is 10.6 Å². The number of nitriles is 1. The fourth-order valence-corrected chi connectivity index (χ4v) is 5.10. The summed E-state index contributed by atoms with van der Waals surface area (Å²) < 4.78 is 28.4. The van der Waals surface area contributed by atoms with E-state index in [1.54, 1.807) is 6.08 Å². The number of benzene rings is 1. The maximum atomic E-state index is 14.9. The van der Waals surface area contributed by atoms with Crippen molar-refractivity contribution in [3.05, 3.63) is 58.7 Å². The predicted molar refractivity (Wildman–Crippen MR) is 109 cm³/mol. The molecule has 5 atom stereocenters. The predicted octanol–water partition coefficient (Wildman–Crippen LogP) is 2.62. The first kappa shape index (κ1) is 19.8. The Balaban J connectivity index is 1.35. The number of allylic oxidation sites excluding steroid dienone is 4. The summed E-state index contributed by atoms with van der Waals surface area (Å²) in [6.45, 7) is 0. The van der Waals surface area contributed by atoms with Crippen LogP contribution in [0.4, 0.5) is 8.78 Å². The highest BCUT2D eigenvalue weighted by molar-refractivity contribution is 6.16. The summed E-state index contributed by atoms with van der Waals surface area (Å²) in [5.41, 5.74) is 1.04. The van der Waals surface area contributed by atoms with Crippen LogP contribution in [0.3, 0.4) is 0 Å². The number of carbonyl (C=O) groups excluding carboxylic acids is 2. The van der Waals surface area contributed by atoms with Crippen LogP contribution in [0.15, 0.2) is 41.2 Å². The highest BCUT2D eigenvalue weighted by atomic mass is 19.1. The molecule has 2 N–H and O–H groups in total. The van der Waals surface area contributed by atoms with E-state index in [4.69, 9.17) is 0 Å². The number of halogens is 2. The monoisotopic (exact) mass is 422 g/mol. The van der Waals surface area contributed by atoms with Crippen LogP contribution in [0, 0.1) is 23.1 Å². The second kappa shape index (κ2) is 7.50. The lowest BCUT2D eigenvalue weighted by Gasteiger charge is -2.25. The molecule has 5 rings (SSSR count). The molecule has 1 saturated carbocycles. The van der Waals surface area contributed by atoms with Gasteiger partial charge in [0.05, 0.1) is 17.8 Å². The molecule has 158 valence electrons. The Bertz CT molecular complexity index is 1120. The molecular formula is C23H20F2N4O2. The molecule has 0 aromatic heterocycles. The first-order valence-corrected chi connectivity index (χ1v) is 10.4. The third-order valence-corrected chi connectivity index (χ3v) is 6.61. The van der Waals surface area contributed by atoms with Crippen molar-refractivity contribution < 1.29 is 18.4 Å². The number of fused-ring (bicyclic) bond motifs is 5. The minimum atomic E-state index is -0.926. The normalized spacial score (nSPS) is 28.9. The number of hydrogen-bond acceptors (Lipinski definition) is 4. The van der Waals surface area contributed by atoms with E-state index in [-0.39, 0.29) is 41.1 Å². The zero-order valence-electron chi connectivity index (χ0n) is 16.6. The average molecular weight is 422 g/mol. The first-order chi connectivity index (χ1) is 14.9. The van der Waals surface area contributed by atoms with Crippen molar-refractivity contribution in [3.63, 3.8) is 0 Å². The van der Waals surface area contributed by atoms with Crippen LogP contribution in [0.1, 0.15) is 46.7 Å². The van der Waals surface area contributed by atoms with Gasteiger partial charge >= 0.3 is 0 Å². The van der Waals surface area contributed by atoms with Gasteiger partial charge in [-0.05, 0) is 60.6 Å². The number of nitrogens with one attached hydrogen (secondary N) is 2. The molecule has 2 heterocycles. The lowest BCUT2D eigenvalue weighted by Crippen LogP contribution is -2.50. The van der Waals surface area contributed by atoms with Crippen LogP contribution >= 0.6 is 0 Å². The first-order valence-electron chi connectivity index (χ1n) is 10.4. The van der Waals surface area contributed by atoms with Gasteiger partial charge in [-0.25, -0.2) is 13.8 Å². The molecule has 2 aliphatic carbocycles. The van der Waals surface area contributed by atoms with Gasteiger partial charge in [0.25, 0.3) is 5.91 Å². The zero-order chi connectivity index (χ0) is 21.7. The number of aliphatic imine (C=N–C) groups is 1. The van der Waals surface area contributed by atoms with Gasteiger partial charge in [-0.1, -0.05) is 6.08 Å². The lowest BCUT2D eigenvalue weighted by molar-refractivity contribution is -0.124. The zero-order valence-corrected chi connectivity index (χ0v) is 16.6. The molecule has 6 nitrogen and oxygen atoms in total. The van der Waals surface area contributed by atoms with Crippen molar-refractivity contribution in [1.29, 1.82) is 5.26 Å². The Kier molecular flexibility index (Phi) is 4.78. The van der Waals surface area contributed by atoms with Gasteiger partial charge in [0.2, 0.25) is 5.91 Å². The average Bonchev–Trinajstić information content (AvgIpc) is 3.37. The molecule has 1 saturated heterocycles. The Hall–Kier alpha value is -3.18. The minimum Gasteiger partial charge on any atom is -0.339 e. The van der Waals surface area contributed by atoms with Crippen LogP contribution in [0.5, 0.6) is 0 Å². The standard InChI is InChI=1S/C23H20F2N4O2/c24-13-2-4-16-17-9-19(25)12(7-18(17)22(30)29-20(16)8-13)6-15(10-26)28-23(31)21-11-1-3-14(5-11)27-21/h2,4,7-9,11,14-16,21,27H,1,3,5-6H2,(H,28,31)/t11-,14+,15-,16?,21-/m0/s1. The summed E-state index contributed by atoms with van der Waals surface area (Å²) >= 11 is 0. The van der Waals surface area contributed by atoms with Crippen LogP contribution in [0.2, 0.25) is 0 Å². The third kappa shape index (κ3) is 3.49. The summed E-state index contributed by atoms with van der Waals surface area (Å²) in [6, 6.07) is 3.77. The van der Waals surface area contributed by atoms with E-state index in [0.717, 1.165) is 19.3 Å². The molecule has 2 aliphatic heterocycles. The number of rotatable bonds is 4. The molecule has 1 unspecified atom stereocenters. The minimum absolute atomic E-state index is 0.0684. The molecule has 1 aromatic rings. The quantitative estimate of drug-likeness (QED) is 0.780. The molecule has 1 aromatic carbocycles. The fraction of sp³-hybridized carbons (Fsp3) is 0.391. The summed E-state index contributed by atoms with van der Waals surface area (Å²) in [7, 11) is 0. The Morgan fingerprint density at radius 1 is 1.35 bits per heavy atom. The van der Waals surface area contributed by atoms with Gasteiger partial charge in [-0.15, -0.1) is 0 Å². The van der Waals surface area contributed by atoms with E-state index in [1.165, 1.54) is 24.3 Å². The second-order valence-electron chi connectivity index (χ2n) is 8.55. The summed E-state index contributed by atoms with van der Waals surface area (Å²) in [5, 5.41) is 15.5. The summed E-state index contributed by atoms with van der Waals surface area (Å²) in [4.78, 5) is 29.0. The van der Waals surface area contributed by atoms with E-state index < -0.39 is 29.5 Å². The maximum Gasteiger partial charge on any atom is 0.277 e. The van der Waals surface area contributed by atoms with Crippen LogP contribution in [-0.4, -0.2) is 35.7 Å². The van der Waals surface area contributed by atoms with Gasteiger partial charge in [-0.3, -0.25) is 9.59 Å². The Labute approximate surface area is 177 Å². The number of nitrogens with zero attached hydrogens (tertiary/aromatic N) is 2. The molecule has 2 bridgehead atoms. The van der Waals surface area contributed by atoms with E-state index in [0.29, 0.717) is 11.6 Å². The Morgan fingerprint density at radius 3 is 2.90 bits per heavy atom. The van der Waals surface area contributed by atoms with E-state index in [1.807, 2.05) is 6.07 Å². The van der Waals surface area contributed by atoms with Crippen LogP contribution in [-0.2, 0) is 11.2 Å². The van der Waals surface area contributed by atoms with E-state index >= 15 is 0 Å². The van der Waals surface area contributed by atoms with Crippen molar-refractivity contribution in [1.82, 2.24) is 10.6 Å². The SMILES string of the molecule is N#C[C@H](Cc1cc2c(cc1F)C1C=CC(F)=CC1=NC2=O)NC(=O)[C@H]1N[C@@H]2CC[C@H]1C2. The van der Waals surface area contributed by atoms with Gasteiger partial charge in [0.1, 0.15) is 17.7 Å². The number of hydrogen-bond donors (Lipinski definition) is 2. The largest absolute Gasteiger partial charge is 0.339 e. The molecular weight excluding hydrogens is 402 g/mol. The highest BCUT2D eigenvalue weighted by Gasteiger charge is 2.43. The van der Waals surface area contributed by atoms with Gasteiger partial charge in [0, 0.05) is 23.9 Å². The fourth-order valence-electron chi connectivity index (χ4n) is 5.10. The summed E-state index contributed by atoms with van der Waals surface area (Å²) in [6.07, 6.45) is 6.93. The third-order valence-electron chi connectivity index (χ3n) is 6.61. The lowest BCUT2D eigenvalue weighted by atomic mass is 9.83. The number of carbonyl (C=O) groups is 2. The maximum absolute atomic E-state index is 14.9. The molecule has 4 aliphatic rings. The molecule has 8 heteroatoms. The van der Waals surface area contributed by atoms with Gasteiger partial charge in [0.15, 0.2) is 0 Å². The number of piperidine rings is 1. The van der Waals surface area contributed by atoms with Crippen molar-refractivity contribution in [3.8, 4) is 6.07 Å². The molecule has 2 amide bonds. The van der Waals surface area contributed by atoms with E-state index in [2.05, 4.69) is 15.6 Å². The van der Waals surface area contributed by atoms with Crippen molar-refractivity contribution in [2.75, 3.05) is 0 Å². The topological polar surface area (TPSA) is 94.3 Å². The van der Waals surface area contributed by atoms with Crippen molar-refractivity contribution >= 4 is 17.5 Å². The molecule has 0 spiro atoms. The molecule has 2 fully saturated rings. The van der Waals surface area contributed by atoms with Crippen molar-refractivity contribution in [2.45, 2.75) is 49.7 Å². The Morgan fingerprint density at radius 2 is 2.19 bits per heavy atom. The van der Waals surface area contributed by atoms with Gasteiger partial charge in [-0.2, -0.15) is 5.26 Å². The number of amides is 2. The van der Waals surface area contributed by atoms with Gasteiger partial charge < -0.3 is 10.6 Å². The van der Waals surface area contributed by atoms with E-state index in [9.17, 15) is 23.6 Å². The summed E-state index contributed by atoms with van der Waals surface area (Å²) in [5.74, 6) is -2.14. The molecule has 0 radical (unpaired) electrons. The highest BCUT2D eigenvalue weighted by Crippen LogP contribution is 2.36. The van der Waals surface area contributed by atoms with Crippen LogP contribution in [0.25, 0.3) is 0 Å². The second-order valence-corrected chi connectivity index (χ2v) is 8.55. The van der Waals surface area contributed by atoms with Crippen molar-refractivity contribution in [2.24, 2.45) is 10.9 Å². The molecule has 31 heavy (non-hydrogen) atoms.